The Balaban J connectivity index is 1.73. The molecule has 30 heavy (non-hydrogen) atoms. The highest BCUT2D eigenvalue weighted by molar-refractivity contribution is 7.22. The van der Waals surface area contributed by atoms with Crippen molar-refractivity contribution in [2.75, 3.05) is 39.4 Å². The predicted octanol–water partition coefficient (Wildman–Crippen LogP) is 4.15. The normalized spacial score (nSPS) is 15.9. The minimum absolute atomic E-state index is 0.0111. The Kier molecular flexibility index (Phi) is 6.06. The summed E-state index contributed by atoms with van der Waals surface area (Å²) in [7, 11) is 4.76. The Labute approximate surface area is 179 Å². The number of anilines is 1. The molecule has 2 aromatic carbocycles. The lowest BCUT2D eigenvalue weighted by Gasteiger charge is -2.23. The fourth-order valence-corrected chi connectivity index (χ4v) is 4.46. The average Bonchev–Trinajstić information content (AvgIpc) is 3.45. The number of thiazole rings is 1. The van der Waals surface area contributed by atoms with Crippen molar-refractivity contribution in [1.82, 2.24) is 4.98 Å². The summed E-state index contributed by atoms with van der Waals surface area (Å²) >= 11 is 1.46. The smallest absolute Gasteiger partial charge is 0.260 e. The van der Waals surface area contributed by atoms with Gasteiger partial charge in [0.25, 0.3) is 5.91 Å². The van der Waals surface area contributed by atoms with Crippen LogP contribution in [0.2, 0.25) is 0 Å². The predicted molar refractivity (Wildman–Crippen MR) is 116 cm³/mol. The highest BCUT2D eigenvalue weighted by Gasteiger charge is 2.27. The van der Waals surface area contributed by atoms with Gasteiger partial charge < -0.3 is 18.9 Å². The minimum Gasteiger partial charge on any atom is -0.497 e. The molecule has 158 valence electrons. The first-order chi connectivity index (χ1) is 14.6. The Morgan fingerprint density at radius 2 is 1.83 bits per heavy atom. The number of amides is 1. The first-order valence-corrected chi connectivity index (χ1v) is 10.5. The van der Waals surface area contributed by atoms with Gasteiger partial charge in [0.1, 0.15) is 17.2 Å². The van der Waals surface area contributed by atoms with Crippen LogP contribution in [0.5, 0.6) is 17.2 Å². The number of nitrogens with zero attached hydrogens (tertiary/aromatic N) is 2. The van der Waals surface area contributed by atoms with Gasteiger partial charge in [-0.15, -0.1) is 0 Å². The molecular formula is C22H24N2O5S. The number of hydrogen-bond donors (Lipinski definition) is 0. The van der Waals surface area contributed by atoms with Crippen molar-refractivity contribution in [3.05, 3.63) is 42.0 Å². The third-order valence-corrected chi connectivity index (χ3v) is 6.11. The third kappa shape index (κ3) is 4.20. The molecule has 2 heterocycles. The van der Waals surface area contributed by atoms with Gasteiger partial charge in [0.2, 0.25) is 0 Å². The third-order valence-electron chi connectivity index (χ3n) is 5.07. The van der Waals surface area contributed by atoms with Gasteiger partial charge in [0, 0.05) is 18.2 Å². The fraction of sp³-hybridized carbons (Fsp3) is 0.364. The molecule has 1 aliphatic heterocycles. The van der Waals surface area contributed by atoms with Gasteiger partial charge in [-0.2, -0.15) is 0 Å². The minimum atomic E-state index is -0.172. The van der Waals surface area contributed by atoms with E-state index in [0.717, 1.165) is 35.4 Å². The summed E-state index contributed by atoms with van der Waals surface area (Å²) in [6, 6.07) is 10.9. The lowest BCUT2D eigenvalue weighted by molar-refractivity contribution is 0.0917. The lowest BCUT2D eigenvalue weighted by Crippen LogP contribution is -2.37. The van der Waals surface area contributed by atoms with Crippen LogP contribution in [0.25, 0.3) is 10.2 Å². The number of ether oxygens (including phenoxy) is 4. The average molecular weight is 429 g/mol. The van der Waals surface area contributed by atoms with E-state index in [0.29, 0.717) is 28.7 Å². The second kappa shape index (κ2) is 8.89. The van der Waals surface area contributed by atoms with Crippen LogP contribution in [-0.4, -0.2) is 51.5 Å². The summed E-state index contributed by atoms with van der Waals surface area (Å²) in [6.45, 7) is 1.16. The van der Waals surface area contributed by atoms with Crippen LogP contribution in [0.1, 0.15) is 23.2 Å². The maximum absolute atomic E-state index is 13.6. The van der Waals surface area contributed by atoms with Gasteiger partial charge in [-0.3, -0.25) is 9.69 Å². The van der Waals surface area contributed by atoms with Gasteiger partial charge >= 0.3 is 0 Å². The molecule has 0 aliphatic carbocycles. The zero-order valence-corrected chi connectivity index (χ0v) is 18.0. The van der Waals surface area contributed by atoms with E-state index in [-0.39, 0.29) is 12.0 Å². The van der Waals surface area contributed by atoms with E-state index < -0.39 is 0 Å². The van der Waals surface area contributed by atoms with E-state index in [1.165, 1.54) is 11.3 Å². The standard InChI is InChI=1S/C22H24N2O5S/c1-26-15-6-7-19-20(12-15)30-22(23-19)24(13-16-5-4-8-29-16)21(25)14-9-17(27-2)11-18(10-14)28-3/h6-7,9-12,16H,4-5,8,13H2,1-3H3. The van der Waals surface area contributed by atoms with E-state index in [4.69, 9.17) is 23.9 Å². The molecule has 8 heteroatoms. The van der Waals surface area contributed by atoms with E-state index in [2.05, 4.69) is 0 Å². The van der Waals surface area contributed by atoms with Gasteiger partial charge in [-0.25, -0.2) is 4.98 Å². The van der Waals surface area contributed by atoms with Gasteiger partial charge in [0.15, 0.2) is 5.13 Å². The Bertz CT molecular complexity index is 1020. The summed E-state index contributed by atoms with van der Waals surface area (Å²) in [5.41, 5.74) is 1.30. The van der Waals surface area contributed by atoms with E-state index in [9.17, 15) is 4.79 Å². The van der Waals surface area contributed by atoms with Crippen molar-refractivity contribution >= 4 is 32.6 Å². The topological polar surface area (TPSA) is 70.1 Å². The number of aromatic nitrogens is 1. The molecular weight excluding hydrogens is 404 g/mol. The zero-order valence-electron chi connectivity index (χ0n) is 17.2. The van der Waals surface area contributed by atoms with Crippen LogP contribution >= 0.6 is 11.3 Å². The summed E-state index contributed by atoms with van der Waals surface area (Å²) in [5.74, 6) is 1.70. The molecule has 0 saturated carbocycles. The molecule has 1 saturated heterocycles. The van der Waals surface area contributed by atoms with Crippen molar-refractivity contribution in [3.8, 4) is 17.2 Å². The first-order valence-electron chi connectivity index (χ1n) is 9.72. The Hall–Kier alpha value is -2.84. The number of carbonyl (C=O) groups excluding carboxylic acids is 1. The molecule has 1 amide bonds. The lowest BCUT2D eigenvalue weighted by atomic mass is 10.1. The number of carbonyl (C=O) groups is 1. The Morgan fingerprint density at radius 3 is 2.47 bits per heavy atom. The number of hydrogen-bond acceptors (Lipinski definition) is 7. The summed E-state index contributed by atoms with van der Waals surface area (Å²) in [6.07, 6.45) is 1.91. The van der Waals surface area contributed by atoms with E-state index in [1.807, 2.05) is 18.2 Å². The second-order valence-corrected chi connectivity index (χ2v) is 7.99. The van der Waals surface area contributed by atoms with Crippen LogP contribution in [-0.2, 0) is 4.74 Å². The summed E-state index contributed by atoms with van der Waals surface area (Å²) in [5, 5.41) is 0.625. The molecule has 0 bridgehead atoms. The molecule has 3 aromatic rings. The van der Waals surface area contributed by atoms with Crippen molar-refractivity contribution in [1.29, 1.82) is 0 Å². The molecule has 1 aromatic heterocycles. The van der Waals surface area contributed by atoms with Crippen molar-refractivity contribution in [3.63, 3.8) is 0 Å². The fourth-order valence-electron chi connectivity index (χ4n) is 3.46. The van der Waals surface area contributed by atoms with Gasteiger partial charge in [-0.05, 0) is 43.2 Å². The first kappa shape index (κ1) is 20.4. The van der Waals surface area contributed by atoms with Crippen LogP contribution in [0.15, 0.2) is 36.4 Å². The SMILES string of the molecule is COc1cc(OC)cc(C(=O)N(CC2CCCO2)c2nc3ccc(OC)cc3s2)c1. The molecule has 4 rings (SSSR count). The molecule has 1 aliphatic rings. The van der Waals surface area contributed by atoms with Crippen molar-refractivity contribution in [2.24, 2.45) is 0 Å². The maximum Gasteiger partial charge on any atom is 0.260 e. The number of methoxy groups -OCH3 is 3. The molecule has 1 unspecified atom stereocenters. The summed E-state index contributed by atoms with van der Waals surface area (Å²) < 4.78 is 22.8. The van der Waals surface area contributed by atoms with Crippen LogP contribution in [0.4, 0.5) is 5.13 Å². The molecule has 1 atom stereocenters. The zero-order chi connectivity index (χ0) is 21.1. The number of rotatable bonds is 7. The Morgan fingerprint density at radius 1 is 1.10 bits per heavy atom. The number of fused-ring (bicyclic) bond motifs is 1. The maximum atomic E-state index is 13.6. The highest BCUT2D eigenvalue weighted by atomic mass is 32.1. The van der Waals surface area contributed by atoms with E-state index >= 15 is 0 Å². The van der Waals surface area contributed by atoms with Crippen LogP contribution in [0.3, 0.4) is 0 Å². The van der Waals surface area contributed by atoms with Crippen molar-refractivity contribution < 1.29 is 23.7 Å². The van der Waals surface area contributed by atoms with Crippen LogP contribution < -0.4 is 19.1 Å². The summed E-state index contributed by atoms with van der Waals surface area (Å²) in [4.78, 5) is 20.0. The quantitative estimate of drug-likeness (QED) is 0.563. The van der Waals surface area contributed by atoms with E-state index in [1.54, 1.807) is 44.4 Å². The molecule has 1 fully saturated rings. The molecule has 0 spiro atoms. The van der Waals surface area contributed by atoms with Gasteiger partial charge in [-0.1, -0.05) is 11.3 Å². The monoisotopic (exact) mass is 428 g/mol. The molecule has 7 nitrogen and oxygen atoms in total. The highest BCUT2D eigenvalue weighted by Crippen LogP contribution is 2.34. The van der Waals surface area contributed by atoms with Crippen molar-refractivity contribution in [2.45, 2.75) is 18.9 Å². The largest absolute Gasteiger partial charge is 0.497 e. The molecule has 0 N–H and O–H groups in total. The number of benzene rings is 2. The second-order valence-electron chi connectivity index (χ2n) is 6.98. The molecule has 0 radical (unpaired) electrons. The van der Waals surface area contributed by atoms with Crippen LogP contribution in [0, 0.1) is 0 Å². The van der Waals surface area contributed by atoms with Gasteiger partial charge in [0.05, 0.1) is 44.2 Å².